The maximum absolute atomic E-state index is 13.6. The van der Waals surface area contributed by atoms with E-state index in [9.17, 15) is 13.2 Å². The van der Waals surface area contributed by atoms with Crippen molar-refractivity contribution in [1.29, 1.82) is 0 Å². The maximum atomic E-state index is 13.6. The third-order valence-electron chi connectivity index (χ3n) is 9.35. The number of amides is 1. The lowest BCUT2D eigenvalue weighted by molar-refractivity contribution is 0.0981. The molecular weight excluding hydrogens is 701 g/mol. The van der Waals surface area contributed by atoms with Crippen molar-refractivity contribution >= 4 is 62.8 Å². The lowest BCUT2D eigenvalue weighted by Gasteiger charge is -2.37. The number of sulfonamides is 1. The number of alkyl halides is 1. The van der Waals surface area contributed by atoms with Crippen LogP contribution in [-0.4, -0.2) is 56.6 Å². The summed E-state index contributed by atoms with van der Waals surface area (Å²) in [7, 11) is -4.24. The van der Waals surface area contributed by atoms with Gasteiger partial charge in [0.05, 0.1) is 12.2 Å². The average molecular weight is 736 g/mol. The smallest absolute Gasteiger partial charge is 0.281 e. The van der Waals surface area contributed by atoms with Gasteiger partial charge >= 0.3 is 0 Å². The Morgan fingerprint density at radius 1 is 1.12 bits per heavy atom. The second-order valence-corrected chi connectivity index (χ2v) is 17.1. The molecule has 3 atom stereocenters. The zero-order valence-electron chi connectivity index (χ0n) is 23.6. The average Bonchev–Trinajstić information content (AvgIpc) is 3.59. The molecule has 2 aliphatic heterocycles. The fraction of sp³-hybridized carbons (Fsp3) is 0.517. The summed E-state index contributed by atoms with van der Waals surface area (Å²) >= 11 is 7.27. The van der Waals surface area contributed by atoms with E-state index in [1.165, 1.54) is 31.7 Å². The number of carbonyl (C=O) groups is 1. The molecule has 7 rings (SSSR count). The number of thiol groups is 1. The van der Waals surface area contributed by atoms with E-state index in [1.54, 1.807) is 35.1 Å². The van der Waals surface area contributed by atoms with Gasteiger partial charge in [0.25, 0.3) is 15.9 Å². The van der Waals surface area contributed by atoms with Crippen molar-refractivity contribution < 1.29 is 17.9 Å². The number of carbonyl (C=O) groups excluding carboxylic acids is 1. The van der Waals surface area contributed by atoms with Gasteiger partial charge in [-0.1, -0.05) is 6.07 Å². The Kier molecular flexibility index (Phi) is 7.51. The van der Waals surface area contributed by atoms with Crippen molar-refractivity contribution in [2.75, 3.05) is 29.9 Å². The topological polar surface area (TPSA) is 131 Å². The summed E-state index contributed by atoms with van der Waals surface area (Å²) in [6.45, 7) is 1.90. The zero-order valence-corrected chi connectivity index (χ0v) is 27.4. The minimum atomic E-state index is -4.24. The van der Waals surface area contributed by atoms with Crippen molar-refractivity contribution in [3.63, 3.8) is 0 Å². The normalized spacial score (nSPS) is 27.2. The molecule has 2 aliphatic carbocycles. The molecule has 3 fully saturated rings. The van der Waals surface area contributed by atoms with Crippen LogP contribution in [0, 0.1) is 17.3 Å². The number of aromatic nitrogens is 4. The summed E-state index contributed by atoms with van der Waals surface area (Å²) in [5, 5.41) is 7.56. The predicted molar refractivity (Wildman–Crippen MR) is 174 cm³/mol. The molecule has 1 amide bonds. The Bertz CT molecular complexity index is 1660. The third kappa shape index (κ3) is 5.81. The van der Waals surface area contributed by atoms with Gasteiger partial charge in [0.15, 0.2) is 10.8 Å². The van der Waals surface area contributed by atoms with E-state index >= 15 is 0 Å². The molecule has 4 bridgehead atoms. The second-order valence-electron chi connectivity index (χ2n) is 12.1. The maximum Gasteiger partial charge on any atom is 0.281 e. The first-order valence-corrected chi connectivity index (χ1v) is 17.8. The second kappa shape index (κ2) is 11.1. The van der Waals surface area contributed by atoms with Gasteiger partial charge in [-0.05, 0) is 115 Å². The molecule has 5 heterocycles. The fourth-order valence-corrected chi connectivity index (χ4v) is 9.09. The van der Waals surface area contributed by atoms with Crippen molar-refractivity contribution in [1.82, 2.24) is 24.5 Å². The first-order valence-electron chi connectivity index (χ1n) is 14.8. The van der Waals surface area contributed by atoms with Gasteiger partial charge in [0, 0.05) is 25.4 Å². The minimum absolute atomic E-state index is 0.130. The first-order chi connectivity index (χ1) is 20.6. The van der Waals surface area contributed by atoms with Gasteiger partial charge in [-0.25, -0.2) is 19.4 Å². The fourth-order valence-electron chi connectivity index (χ4n) is 6.67. The Labute approximate surface area is 270 Å². The Morgan fingerprint density at radius 3 is 2.77 bits per heavy atom. The number of hydrogen-bond acceptors (Lipinski definition) is 10. The molecule has 2 unspecified atom stereocenters. The molecule has 0 aromatic carbocycles. The summed E-state index contributed by atoms with van der Waals surface area (Å²) in [6.07, 6.45) is 10.8. The van der Waals surface area contributed by atoms with Gasteiger partial charge in [-0.15, -0.1) is 17.7 Å². The third-order valence-corrected chi connectivity index (χ3v) is 12.0. The van der Waals surface area contributed by atoms with E-state index in [1.807, 2.05) is 11.0 Å². The summed E-state index contributed by atoms with van der Waals surface area (Å²) in [6, 6.07) is 9.74. The molecule has 43 heavy (non-hydrogen) atoms. The Morgan fingerprint density at radius 2 is 1.98 bits per heavy atom. The van der Waals surface area contributed by atoms with Gasteiger partial charge < -0.3 is 15.0 Å². The molecular formula is C29H34IN7O4S2. The van der Waals surface area contributed by atoms with Gasteiger partial charge in [0.1, 0.15) is 14.5 Å². The highest BCUT2D eigenvalue weighted by Gasteiger charge is 2.54. The predicted octanol–water partition coefficient (Wildman–Crippen LogP) is 4.79. The van der Waals surface area contributed by atoms with E-state index in [-0.39, 0.29) is 10.6 Å². The van der Waals surface area contributed by atoms with E-state index in [0.717, 1.165) is 31.6 Å². The van der Waals surface area contributed by atoms with Gasteiger partial charge in [0.2, 0.25) is 5.88 Å². The summed E-state index contributed by atoms with van der Waals surface area (Å²) in [5.74, 6) is 2.09. The summed E-state index contributed by atoms with van der Waals surface area (Å²) in [5.41, 5.74) is 0.754. The number of rotatable bonds is 5. The van der Waals surface area contributed by atoms with Crippen LogP contribution in [0.4, 0.5) is 11.6 Å². The molecule has 3 aromatic rings. The highest BCUT2D eigenvalue weighted by atomic mass is 127. The molecule has 1 spiro atoms. The molecule has 4 aliphatic rings. The molecule has 11 nitrogen and oxygen atoms in total. The quantitative estimate of drug-likeness (QED) is 0.147. The lowest BCUT2D eigenvalue weighted by Crippen LogP contribution is -2.38. The molecule has 228 valence electrons. The van der Waals surface area contributed by atoms with Gasteiger partial charge in [-0.3, -0.25) is 4.79 Å². The number of halogens is 1. The Balaban J connectivity index is 1.18. The number of fused-ring (bicyclic) bond motifs is 6. The van der Waals surface area contributed by atoms with Crippen molar-refractivity contribution in [2.24, 2.45) is 17.3 Å². The zero-order chi connectivity index (χ0) is 29.8. The number of anilines is 2. The van der Waals surface area contributed by atoms with Crippen LogP contribution in [0.2, 0.25) is 0 Å². The van der Waals surface area contributed by atoms with E-state index < -0.39 is 18.8 Å². The van der Waals surface area contributed by atoms with Crippen LogP contribution < -0.4 is 19.7 Å². The van der Waals surface area contributed by atoms with E-state index in [4.69, 9.17) is 22.3 Å². The van der Waals surface area contributed by atoms with Crippen LogP contribution in [0.3, 0.4) is 0 Å². The highest BCUT2D eigenvalue weighted by Crippen LogP contribution is 2.65. The van der Waals surface area contributed by atoms with Crippen LogP contribution in [0.5, 0.6) is 5.88 Å². The lowest BCUT2D eigenvalue weighted by atomic mass is 9.69. The Hall–Kier alpha value is -2.59. The van der Waals surface area contributed by atoms with Crippen LogP contribution in [0.1, 0.15) is 61.7 Å². The highest BCUT2D eigenvalue weighted by molar-refractivity contribution is 14.1. The van der Waals surface area contributed by atoms with E-state index in [2.05, 4.69) is 42.7 Å². The number of pyridine rings is 2. The minimum Gasteiger partial charge on any atom is -0.477 e. The molecule has 1 saturated heterocycles. The monoisotopic (exact) mass is 735 g/mol. The van der Waals surface area contributed by atoms with Gasteiger partial charge in [-0.2, -0.15) is 8.42 Å². The van der Waals surface area contributed by atoms with Crippen molar-refractivity contribution in [3.05, 3.63) is 48.2 Å². The summed E-state index contributed by atoms with van der Waals surface area (Å²) in [4.78, 5) is 24.7. The summed E-state index contributed by atoms with van der Waals surface area (Å²) < 4.78 is 35.6. The van der Waals surface area contributed by atoms with Crippen LogP contribution in [0.25, 0.3) is 5.82 Å². The molecule has 2 saturated carbocycles. The molecule has 14 heteroatoms. The van der Waals surface area contributed by atoms with Crippen LogP contribution >= 0.6 is 35.2 Å². The largest absolute Gasteiger partial charge is 0.477 e. The van der Waals surface area contributed by atoms with Crippen molar-refractivity contribution in [3.8, 4) is 11.7 Å². The molecule has 0 radical (unpaired) electrons. The van der Waals surface area contributed by atoms with Crippen LogP contribution in [0.15, 0.2) is 47.6 Å². The molecule has 3 aromatic heterocycles. The van der Waals surface area contributed by atoms with E-state index in [0.29, 0.717) is 54.4 Å². The number of nitrogens with one attached hydrogen (secondary N) is 2. The first kappa shape index (κ1) is 29.1. The molecule has 2 N–H and O–H groups in total. The number of nitrogens with zero attached hydrogens (tertiary/aromatic N) is 5. The SMILES string of the molecule is O=C1NS(=O)(=O)c2cccc(n2)NCCC[C@@H]2CN(c3nc(-n4ccc(OCCC5CCC56CC6)n4)ccc31)C(S)(I)C2. The number of hydrogen-bond donors (Lipinski definition) is 3. The number of ether oxygens (including phenoxy) is 1. The standard InChI is InChI=1S/C29H34IN7O4S2/c30-29(42)17-19-3-2-14-31-22-4-1-5-25(32-22)43(39,40)35-27(38)21-6-7-23(33-26(21)36(29)18-19)37-15-9-24(34-37)41-16-10-20-8-11-28(20)12-13-28/h1,4-7,9,15,19-20,42H,2-3,8,10-14,16-18H2,(H,31,32)(H,35,38)/t19-,20?,29?/m0/s1. The van der Waals surface area contributed by atoms with Crippen molar-refractivity contribution in [2.45, 2.75) is 59.3 Å². The van der Waals surface area contributed by atoms with Crippen LogP contribution in [-0.2, 0) is 10.0 Å².